The highest BCUT2D eigenvalue weighted by Crippen LogP contribution is 2.29. The van der Waals surface area contributed by atoms with E-state index >= 15 is 0 Å². The average molecular weight is 289 g/mol. The predicted octanol–water partition coefficient (Wildman–Crippen LogP) is 1.07. The molecule has 0 bridgehead atoms. The number of nitrogens with zero attached hydrogens (tertiary/aromatic N) is 1. The highest BCUT2D eigenvalue weighted by Gasteiger charge is 2.36. The Bertz CT molecular complexity index is 513. The van der Waals surface area contributed by atoms with Crippen LogP contribution in [0.3, 0.4) is 0 Å². The van der Waals surface area contributed by atoms with E-state index in [9.17, 15) is 5.11 Å². The summed E-state index contributed by atoms with van der Waals surface area (Å²) in [4.78, 5) is 0. The van der Waals surface area contributed by atoms with Gasteiger partial charge in [0.2, 0.25) is 0 Å². The molecule has 3 unspecified atom stereocenters. The zero-order valence-electron chi connectivity index (χ0n) is 12.5. The minimum Gasteiger partial charge on any atom is -0.379 e. The highest BCUT2D eigenvalue weighted by molar-refractivity contribution is 5.31. The van der Waals surface area contributed by atoms with Crippen LogP contribution in [-0.2, 0) is 4.74 Å². The summed E-state index contributed by atoms with van der Waals surface area (Å²) < 4.78 is 5.54. The van der Waals surface area contributed by atoms with E-state index in [1.165, 1.54) is 11.1 Å². The zero-order chi connectivity index (χ0) is 14.8. The van der Waals surface area contributed by atoms with Crippen LogP contribution in [0.4, 0.5) is 0 Å². The van der Waals surface area contributed by atoms with Gasteiger partial charge in [0.15, 0.2) is 0 Å². The maximum Gasteiger partial charge on any atom is 0.147 e. The molecule has 3 N–H and O–H groups in total. The van der Waals surface area contributed by atoms with Crippen molar-refractivity contribution in [2.45, 2.75) is 32.2 Å². The Kier molecular flexibility index (Phi) is 4.26. The summed E-state index contributed by atoms with van der Waals surface area (Å²) in [6, 6.07) is 8.76. The van der Waals surface area contributed by atoms with E-state index in [2.05, 4.69) is 53.0 Å². The Morgan fingerprint density at radius 1 is 1.33 bits per heavy atom. The number of fused-ring (bicyclic) bond motifs is 1. The normalized spacial score (nSPS) is 28.4. The van der Waals surface area contributed by atoms with Crippen molar-refractivity contribution in [3.63, 3.8) is 0 Å². The largest absolute Gasteiger partial charge is 0.379 e. The first-order valence-electron chi connectivity index (χ1n) is 7.52. The molecule has 1 fully saturated rings. The summed E-state index contributed by atoms with van der Waals surface area (Å²) in [6.07, 6.45) is 1.46. The highest BCUT2D eigenvalue weighted by atomic mass is 16.5. The van der Waals surface area contributed by atoms with Crippen molar-refractivity contribution in [3.05, 3.63) is 47.2 Å². The fraction of sp³-hybridized carbons (Fsp3) is 0.500. The van der Waals surface area contributed by atoms with Crippen molar-refractivity contribution in [2.75, 3.05) is 19.8 Å². The van der Waals surface area contributed by atoms with Crippen LogP contribution in [0.5, 0.6) is 0 Å². The Morgan fingerprint density at radius 3 is 2.81 bits per heavy atom. The van der Waals surface area contributed by atoms with Gasteiger partial charge in [-0.15, -0.1) is 0 Å². The third kappa shape index (κ3) is 2.96. The second kappa shape index (κ2) is 6.15. The molecule has 1 aromatic rings. The predicted molar refractivity (Wildman–Crippen MR) is 81.3 cm³/mol. The van der Waals surface area contributed by atoms with Crippen molar-refractivity contribution in [1.29, 1.82) is 0 Å². The number of hydrogen-bond donors (Lipinski definition) is 3. The maximum absolute atomic E-state index is 10.1. The van der Waals surface area contributed by atoms with Gasteiger partial charge >= 0.3 is 0 Å². The van der Waals surface area contributed by atoms with Crippen LogP contribution < -0.4 is 10.7 Å². The van der Waals surface area contributed by atoms with E-state index in [1.54, 1.807) is 0 Å². The topological polar surface area (TPSA) is 56.8 Å². The van der Waals surface area contributed by atoms with E-state index in [1.807, 2.05) is 6.92 Å². The van der Waals surface area contributed by atoms with Gasteiger partial charge in [-0.25, -0.2) is 5.43 Å². The van der Waals surface area contributed by atoms with E-state index in [0.29, 0.717) is 19.8 Å². The number of aliphatic hydroxyl groups excluding tert-OH is 1. The molecule has 0 radical (unpaired) electrons. The molecule has 0 aliphatic carbocycles. The Balaban J connectivity index is 1.78. The lowest BCUT2D eigenvalue weighted by Gasteiger charge is -2.39. The van der Waals surface area contributed by atoms with Crippen LogP contribution in [0.25, 0.3) is 0 Å². The summed E-state index contributed by atoms with van der Waals surface area (Å²) >= 11 is 0. The molecule has 1 aromatic carbocycles. The molecule has 0 saturated carbocycles. The molecule has 5 heteroatoms. The van der Waals surface area contributed by atoms with E-state index in [0.717, 1.165) is 5.70 Å². The smallest absolute Gasteiger partial charge is 0.147 e. The molecule has 21 heavy (non-hydrogen) atoms. The SMILES string of the molecule is CCOCC1CNC(O)C2=CC(c3ccc(C)cc3)NN21. The zero-order valence-corrected chi connectivity index (χ0v) is 12.5. The molecule has 2 aliphatic heterocycles. The first-order chi connectivity index (χ1) is 10.2. The quantitative estimate of drug-likeness (QED) is 0.774. The Hall–Kier alpha value is -1.40. The average Bonchev–Trinajstić information content (AvgIpc) is 2.93. The molecule has 1 saturated heterocycles. The number of hydrazine groups is 1. The molecular weight excluding hydrogens is 266 g/mol. The molecule has 5 nitrogen and oxygen atoms in total. The first-order valence-corrected chi connectivity index (χ1v) is 7.52. The van der Waals surface area contributed by atoms with Crippen molar-refractivity contribution in [1.82, 2.24) is 15.8 Å². The van der Waals surface area contributed by atoms with Gasteiger partial charge in [0.05, 0.1) is 24.4 Å². The number of nitrogens with one attached hydrogen (secondary N) is 2. The molecule has 2 heterocycles. The van der Waals surface area contributed by atoms with Crippen LogP contribution in [0.1, 0.15) is 24.1 Å². The van der Waals surface area contributed by atoms with Crippen LogP contribution in [0, 0.1) is 6.92 Å². The molecule has 0 spiro atoms. The van der Waals surface area contributed by atoms with Crippen molar-refractivity contribution < 1.29 is 9.84 Å². The Labute approximate surface area is 125 Å². The number of aryl methyl sites for hydroxylation is 1. The van der Waals surface area contributed by atoms with Gasteiger partial charge in [-0.1, -0.05) is 29.8 Å². The number of rotatable bonds is 4. The van der Waals surface area contributed by atoms with Crippen LogP contribution in [0.2, 0.25) is 0 Å². The lowest BCUT2D eigenvalue weighted by atomic mass is 10.1. The van der Waals surface area contributed by atoms with Gasteiger partial charge in [0, 0.05) is 13.2 Å². The van der Waals surface area contributed by atoms with Gasteiger partial charge in [-0.3, -0.25) is 5.32 Å². The third-order valence-corrected chi connectivity index (χ3v) is 4.04. The molecule has 2 aliphatic rings. The standard InChI is InChI=1S/C16H23N3O2/c1-3-21-10-13-9-17-16(20)15-8-14(18-19(13)15)12-6-4-11(2)5-7-12/h4-8,13-14,16-18,20H,3,9-10H2,1-2H3. The number of hydrogen-bond acceptors (Lipinski definition) is 5. The minimum atomic E-state index is -0.620. The minimum absolute atomic E-state index is 0.0966. The molecular formula is C16H23N3O2. The van der Waals surface area contributed by atoms with Gasteiger partial charge in [-0.05, 0) is 25.5 Å². The van der Waals surface area contributed by atoms with Gasteiger partial charge in [0.25, 0.3) is 0 Å². The van der Waals surface area contributed by atoms with Gasteiger partial charge in [0.1, 0.15) is 6.23 Å². The van der Waals surface area contributed by atoms with Crippen molar-refractivity contribution >= 4 is 0 Å². The lowest BCUT2D eigenvalue weighted by molar-refractivity contribution is 0.00723. The molecule has 114 valence electrons. The van der Waals surface area contributed by atoms with Gasteiger partial charge in [-0.2, -0.15) is 0 Å². The van der Waals surface area contributed by atoms with Crippen LogP contribution in [0.15, 0.2) is 36.0 Å². The van der Waals surface area contributed by atoms with E-state index in [-0.39, 0.29) is 12.1 Å². The summed E-state index contributed by atoms with van der Waals surface area (Å²) in [5, 5.41) is 15.3. The van der Waals surface area contributed by atoms with Crippen molar-refractivity contribution in [2.24, 2.45) is 0 Å². The van der Waals surface area contributed by atoms with E-state index in [4.69, 9.17) is 4.74 Å². The summed E-state index contributed by atoms with van der Waals surface area (Å²) in [5.41, 5.74) is 6.81. The van der Waals surface area contributed by atoms with E-state index < -0.39 is 6.23 Å². The number of benzene rings is 1. The maximum atomic E-state index is 10.1. The lowest BCUT2D eigenvalue weighted by Crippen LogP contribution is -2.58. The van der Waals surface area contributed by atoms with Crippen molar-refractivity contribution in [3.8, 4) is 0 Å². The molecule has 3 atom stereocenters. The fourth-order valence-corrected chi connectivity index (χ4v) is 2.83. The second-order valence-electron chi connectivity index (χ2n) is 5.60. The molecule has 0 amide bonds. The number of ether oxygens (including phenoxy) is 1. The van der Waals surface area contributed by atoms with Gasteiger partial charge < -0.3 is 14.9 Å². The van der Waals surface area contributed by atoms with Crippen LogP contribution >= 0.6 is 0 Å². The second-order valence-corrected chi connectivity index (χ2v) is 5.60. The monoisotopic (exact) mass is 289 g/mol. The number of piperazine rings is 1. The fourth-order valence-electron chi connectivity index (χ4n) is 2.83. The first kappa shape index (κ1) is 14.5. The summed E-state index contributed by atoms with van der Waals surface area (Å²) in [5.74, 6) is 0. The Morgan fingerprint density at radius 2 is 2.10 bits per heavy atom. The molecule has 0 aromatic heterocycles. The summed E-state index contributed by atoms with van der Waals surface area (Å²) in [6.45, 7) is 6.12. The molecule has 3 rings (SSSR count). The number of aliphatic hydroxyl groups is 1. The summed E-state index contributed by atoms with van der Waals surface area (Å²) in [7, 11) is 0. The third-order valence-electron chi connectivity index (χ3n) is 4.04. The van der Waals surface area contributed by atoms with Crippen LogP contribution in [-0.4, -0.2) is 42.1 Å².